The third-order valence-corrected chi connectivity index (χ3v) is 2.04. The molecule has 0 aliphatic heterocycles. The van der Waals surface area contributed by atoms with Gasteiger partial charge in [-0.25, -0.2) is 4.98 Å². The molecule has 0 saturated carbocycles. The fraction of sp³-hybridized carbons (Fsp3) is 0.545. The van der Waals surface area contributed by atoms with E-state index in [2.05, 4.69) is 30.7 Å². The fourth-order valence-electron chi connectivity index (χ4n) is 1.45. The van der Waals surface area contributed by atoms with Gasteiger partial charge < -0.3 is 4.90 Å². The Labute approximate surface area is 84.8 Å². The van der Waals surface area contributed by atoms with Gasteiger partial charge in [-0.05, 0) is 18.9 Å². The summed E-state index contributed by atoms with van der Waals surface area (Å²) < 4.78 is 12.9. The van der Waals surface area contributed by atoms with E-state index in [1.54, 1.807) is 0 Å². The molecule has 0 radical (unpaired) electrons. The SMILES string of the molecule is CCN(CC(C)C)c1ccnc(F)c1. The monoisotopic (exact) mass is 196 g/mol. The molecule has 0 N–H and O–H groups in total. The maximum Gasteiger partial charge on any atom is 0.214 e. The molecule has 1 aromatic rings. The lowest BCUT2D eigenvalue weighted by Crippen LogP contribution is -2.27. The molecule has 0 aliphatic rings. The number of halogens is 1. The van der Waals surface area contributed by atoms with E-state index in [4.69, 9.17) is 0 Å². The van der Waals surface area contributed by atoms with Crippen molar-refractivity contribution in [3.05, 3.63) is 24.3 Å². The van der Waals surface area contributed by atoms with Gasteiger partial charge in [0.2, 0.25) is 5.95 Å². The zero-order valence-corrected chi connectivity index (χ0v) is 9.00. The Kier molecular flexibility index (Phi) is 3.86. The minimum absolute atomic E-state index is 0.412. The van der Waals surface area contributed by atoms with Gasteiger partial charge in [-0.3, -0.25) is 0 Å². The summed E-state index contributed by atoms with van der Waals surface area (Å²) in [6.45, 7) is 8.21. The van der Waals surface area contributed by atoms with Gasteiger partial charge in [0.1, 0.15) is 0 Å². The Bertz CT molecular complexity index is 286. The van der Waals surface area contributed by atoms with Crippen molar-refractivity contribution in [3.8, 4) is 0 Å². The number of pyridine rings is 1. The quantitative estimate of drug-likeness (QED) is 0.688. The second kappa shape index (κ2) is 4.94. The molecule has 0 spiro atoms. The first-order valence-electron chi connectivity index (χ1n) is 5.00. The van der Waals surface area contributed by atoms with Crippen molar-refractivity contribution in [1.82, 2.24) is 4.98 Å². The molecule has 0 fully saturated rings. The van der Waals surface area contributed by atoms with Crippen LogP contribution in [0.4, 0.5) is 10.1 Å². The summed E-state index contributed by atoms with van der Waals surface area (Å²) in [5.74, 6) is 0.163. The van der Waals surface area contributed by atoms with E-state index >= 15 is 0 Å². The van der Waals surface area contributed by atoms with Crippen LogP contribution in [0, 0.1) is 11.9 Å². The van der Waals surface area contributed by atoms with E-state index in [9.17, 15) is 4.39 Å². The molecular formula is C11H17FN2. The van der Waals surface area contributed by atoms with Crippen molar-refractivity contribution in [2.75, 3.05) is 18.0 Å². The molecule has 0 aliphatic carbocycles. The van der Waals surface area contributed by atoms with Crippen LogP contribution in [0.1, 0.15) is 20.8 Å². The lowest BCUT2D eigenvalue weighted by molar-refractivity contribution is 0.578. The summed E-state index contributed by atoms with van der Waals surface area (Å²) in [6, 6.07) is 3.32. The van der Waals surface area contributed by atoms with E-state index in [0.29, 0.717) is 5.92 Å². The molecule has 78 valence electrons. The highest BCUT2D eigenvalue weighted by atomic mass is 19.1. The van der Waals surface area contributed by atoms with Crippen LogP contribution >= 0.6 is 0 Å². The number of aromatic nitrogens is 1. The minimum Gasteiger partial charge on any atom is -0.371 e. The molecule has 0 saturated heterocycles. The fourth-order valence-corrected chi connectivity index (χ4v) is 1.45. The maximum absolute atomic E-state index is 12.9. The predicted molar refractivity (Wildman–Crippen MR) is 56.9 cm³/mol. The van der Waals surface area contributed by atoms with Gasteiger partial charge in [-0.2, -0.15) is 4.39 Å². The van der Waals surface area contributed by atoms with Crippen molar-refractivity contribution in [2.24, 2.45) is 5.92 Å². The number of nitrogens with zero attached hydrogens (tertiary/aromatic N) is 2. The molecule has 1 rings (SSSR count). The van der Waals surface area contributed by atoms with Gasteiger partial charge in [0, 0.05) is 31.0 Å². The molecule has 0 unspecified atom stereocenters. The Hall–Kier alpha value is -1.12. The second-order valence-electron chi connectivity index (χ2n) is 3.77. The van der Waals surface area contributed by atoms with Gasteiger partial charge in [0.25, 0.3) is 0 Å². The van der Waals surface area contributed by atoms with E-state index in [-0.39, 0.29) is 0 Å². The van der Waals surface area contributed by atoms with Crippen LogP contribution in [-0.4, -0.2) is 18.1 Å². The first-order valence-corrected chi connectivity index (χ1v) is 5.00. The average molecular weight is 196 g/mol. The van der Waals surface area contributed by atoms with Crippen LogP contribution in [0.25, 0.3) is 0 Å². The number of hydrogen-bond donors (Lipinski definition) is 0. The Morgan fingerprint density at radius 1 is 1.50 bits per heavy atom. The third kappa shape index (κ3) is 2.98. The molecule has 0 aromatic carbocycles. The third-order valence-electron chi connectivity index (χ3n) is 2.04. The van der Waals surface area contributed by atoms with Crippen LogP contribution in [0.5, 0.6) is 0 Å². The van der Waals surface area contributed by atoms with Crippen molar-refractivity contribution in [2.45, 2.75) is 20.8 Å². The molecular weight excluding hydrogens is 179 g/mol. The summed E-state index contributed by atoms with van der Waals surface area (Å²) in [7, 11) is 0. The summed E-state index contributed by atoms with van der Waals surface area (Å²) in [5.41, 5.74) is 0.911. The van der Waals surface area contributed by atoms with E-state index in [1.807, 2.05) is 6.07 Å². The zero-order valence-electron chi connectivity index (χ0n) is 9.00. The van der Waals surface area contributed by atoms with Crippen LogP contribution in [0.15, 0.2) is 18.3 Å². The number of hydrogen-bond acceptors (Lipinski definition) is 2. The highest BCUT2D eigenvalue weighted by molar-refractivity contribution is 5.44. The zero-order chi connectivity index (χ0) is 10.6. The molecule has 0 amide bonds. The van der Waals surface area contributed by atoms with E-state index in [0.717, 1.165) is 18.8 Å². The normalized spacial score (nSPS) is 10.6. The van der Waals surface area contributed by atoms with Gasteiger partial charge in [-0.1, -0.05) is 13.8 Å². The molecule has 2 nitrogen and oxygen atoms in total. The molecule has 0 atom stereocenters. The van der Waals surface area contributed by atoms with E-state index in [1.165, 1.54) is 12.3 Å². The van der Waals surface area contributed by atoms with Crippen LogP contribution in [-0.2, 0) is 0 Å². The largest absolute Gasteiger partial charge is 0.371 e. The van der Waals surface area contributed by atoms with Crippen molar-refractivity contribution in [1.29, 1.82) is 0 Å². The molecule has 0 bridgehead atoms. The highest BCUT2D eigenvalue weighted by Crippen LogP contribution is 2.15. The Morgan fingerprint density at radius 2 is 2.21 bits per heavy atom. The minimum atomic E-state index is -0.412. The predicted octanol–water partition coefficient (Wildman–Crippen LogP) is 2.70. The summed E-state index contributed by atoms with van der Waals surface area (Å²) in [5, 5.41) is 0. The van der Waals surface area contributed by atoms with Gasteiger partial charge in [0.15, 0.2) is 0 Å². The number of rotatable bonds is 4. The Morgan fingerprint density at radius 3 is 2.71 bits per heavy atom. The topological polar surface area (TPSA) is 16.1 Å². The first kappa shape index (κ1) is 11.0. The molecule has 3 heteroatoms. The van der Waals surface area contributed by atoms with Crippen molar-refractivity contribution < 1.29 is 4.39 Å². The van der Waals surface area contributed by atoms with E-state index < -0.39 is 5.95 Å². The number of anilines is 1. The average Bonchev–Trinajstić information content (AvgIpc) is 2.14. The lowest BCUT2D eigenvalue weighted by atomic mass is 10.2. The molecule has 14 heavy (non-hydrogen) atoms. The first-order chi connectivity index (χ1) is 6.63. The van der Waals surface area contributed by atoms with Gasteiger partial charge in [-0.15, -0.1) is 0 Å². The highest BCUT2D eigenvalue weighted by Gasteiger charge is 2.06. The molecule has 1 aromatic heterocycles. The van der Waals surface area contributed by atoms with Crippen molar-refractivity contribution in [3.63, 3.8) is 0 Å². The van der Waals surface area contributed by atoms with Crippen LogP contribution in [0.3, 0.4) is 0 Å². The van der Waals surface area contributed by atoms with Crippen LogP contribution < -0.4 is 4.90 Å². The Balaban J connectivity index is 2.78. The van der Waals surface area contributed by atoms with Gasteiger partial charge >= 0.3 is 0 Å². The standard InChI is InChI=1S/C11H17FN2/c1-4-14(8-9(2)3)10-5-6-13-11(12)7-10/h5-7,9H,4,8H2,1-3H3. The summed E-state index contributed by atoms with van der Waals surface area (Å²) in [4.78, 5) is 5.69. The summed E-state index contributed by atoms with van der Waals surface area (Å²) >= 11 is 0. The van der Waals surface area contributed by atoms with Gasteiger partial charge in [0.05, 0.1) is 0 Å². The smallest absolute Gasteiger partial charge is 0.214 e. The maximum atomic E-state index is 12.9. The second-order valence-corrected chi connectivity index (χ2v) is 3.77. The summed E-state index contributed by atoms with van der Waals surface area (Å²) in [6.07, 6.45) is 1.51. The lowest BCUT2D eigenvalue weighted by Gasteiger charge is -2.24. The van der Waals surface area contributed by atoms with Crippen LogP contribution in [0.2, 0.25) is 0 Å². The van der Waals surface area contributed by atoms with Crippen molar-refractivity contribution >= 4 is 5.69 Å². The molecule has 1 heterocycles.